The summed E-state index contributed by atoms with van der Waals surface area (Å²) in [5.74, 6) is 0.771. The zero-order chi connectivity index (χ0) is 19.2. The van der Waals surface area contributed by atoms with Crippen LogP contribution in [0, 0.1) is 0 Å². The second-order valence-electron chi connectivity index (χ2n) is 6.23. The third kappa shape index (κ3) is 4.91. The van der Waals surface area contributed by atoms with Crippen LogP contribution in [0.2, 0.25) is 5.02 Å². The van der Waals surface area contributed by atoms with Gasteiger partial charge in [0.15, 0.2) is 11.5 Å². The van der Waals surface area contributed by atoms with Crippen molar-refractivity contribution >= 4 is 23.2 Å². The molecule has 0 aliphatic carbocycles. The van der Waals surface area contributed by atoms with Crippen LogP contribution in [0.4, 0.5) is 5.69 Å². The first kappa shape index (κ1) is 19.5. The summed E-state index contributed by atoms with van der Waals surface area (Å²) in [5.41, 5.74) is 2.20. The van der Waals surface area contributed by atoms with E-state index in [9.17, 15) is 4.79 Å². The minimum absolute atomic E-state index is 0.234. The average molecular weight is 391 g/mol. The maximum Gasteiger partial charge on any atom is 0.255 e. The van der Waals surface area contributed by atoms with E-state index in [0.29, 0.717) is 27.8 Å². The van der Waals surface area contributed by atoms with Gasteiger partial charge in [0, 0.05) is 37.3 Å². The smallest absolute Gasteiger partial charge is 0.255 e. The number of amides is 1. The van der Waals surface area contributed by atoms with Crippen molar-refractivity contribution in [2.45, 2.75) is 6.54 Å². The Kier molecular flexibility index (Phi) is 6.55. The lowest BCUT2D eigenvalue weighted by Crippen LogP contribution is -2.35. The van der Waals surface area contributed by atoms with Crippen molar-refractivity contribution in [3.05, 3.63) is 52.5 Å². The highest BCUT2D eigenvalue weighted by Gasteiger charge is 2.14. The van der Waals surface area contributed by atoms with E-state index >= 15 is 0 Å². The molecule has 1 N–H and O–H groups in total. The molecule has 1 aliphatic heterocycles. The third-order valence-corrected chi connectivity index (χ3v) is 4.76. The number of ether oxygens (including phenoxy) is 3. The monoisotopic (exact) mass is 390 g/mol. The molecule has 0 atom stereocenters. The zero-order valence-electron chi connectivity index (χ0n) is 15.5. The SMILES string of the molecule is COc1cc(Cl)c(NC(=O)c2ccc(CN3CCOCC3)cc2)cc1OC. The first-order chi connectivity index (χ1) is 13.1. The van der Waals surface area contributed by atoms with Gasteiger partial charge in [0.1, 0.15) is 0 Å². The average Bonchev–Trinajstić information content (AvgIpc) is 2.70. The van der Waals surface area contributed by atoms with E-state index in [1.807, 2.05) is 24.3 Å². The van der Waals surface area contributed by atoms with Crippen molar-refractivity contribution in [3.63, 3.8) is 0 Å². The van der Waals surface area contributed by atoms with Crippen LogP contribution in [0.1, 0.15) is 15.9 Å². The van der Waals surface area contributed by atoms with Crippen molar-refractivity contribution in [2.75, 3.05) is 45.8 Å². The molecular formula is C20H23ClN2O4. The highest BCUT2D eigenvalue weighted by Crippen LogP contribution is 2.36. The summed E-state index contributed by atoms with van der Waals surface area (Å²) in [6, 6.07) is 10.8. The molecule has 7 heteroatoms. The summed E-state index contributed by atoms with van der Waals surface area (Å²) in [6.45, 7) is 4.26. The molecule has 1 fully saturated rings. The number of methoxy groups -OCH3 is 2. The number of hydrogen-bond donors (Lipinski definition) is 1. The summed E-state index contributed by atoms with van der Waals surface area (Å²) in [5, 5.41) is 3.20. The Morgan fingerprint density at radius 2 is 1.74 bits per heavy atom. The number of nitrogens with one attached hydrogen (secondary N) is 1. The van der Waals surface area contributed by atoms with Crippen LogP contribution in [-0.4, -0.2) is 51.3 Å². The van der Waals surface area contributed by atoms with Gasteiger partial charge in [0.2, 0.25) is 0 Å². The van der Waals surface area contributed by atoms with Crippen LogP contribution in [0.25, 0.3) is 0 Å². The standard InChI is InChI=1S/C20H23ClN2O4/c1-25-18-11-16(21)17(12-19(18)26-2)22-20(24)15-5-3-14(4-6-15)13-23-7-9-27-10-8-23/h3-6,11-12H,7-10,13H2,1-2H3,(H,22,24). The molecule has 1 amide bonds. The minimum Gasteiger partial charge on any atom is -0.493 e. The molecular weight excluding hydrogens is 368 g/mol. The number of carbonyl (C=O) groups excluding carboxylic acids is 1. The molecule has 1 aliphatic rings. The Bertz CT molecular complexity index is 789. The van der Waals surface area contributed by atoms with Gasteiger partial charge in [-0.2, -0.15) is 0 Å². The summed E-state index contributed by atoms with van der Waals surface area (Å²) in [6.07, 6.45) is 0. The number of halogens is 1. The Labute approximate surface area is 164 Å². The summed E-state index contributed by atoms with van der Waals surface area (Å²) in [7, 11) is 3.06. The Hall–Kier alpha value is -2.28. The first-order valence-corrected chi connectivity index (χ1v) is 9.10. The largest absolute Gasteiger partial charge is 0.493 e. The van der Waals surface area contributed by atoms with Gasteiger partial charge in [-0.15, -0.1) is 0 Å². The number of benzene rings is 2. The van der Waals surface area contributed by atoms with Crippen LogP contribution in [0.5, 0.6) is 11.5 Å². The molecule has 3 rings (SSSR count). The van der Waals surface area contributed by atoms with E-state index in [1.54, 1.807) is 12.1 Å². The number of hydrogen-bond acceptors (Lipinski definition) is 5. The van der Waals surface area contributed by atoms with Crippen LogP contribution in [0.15, 0.2) is 36.4 Å². The van der Waals surface area contributed by atoms with Crippen molar-refractivity contribution in [1.29, 1.82) is 0 Å². The third-order valence-electron chi connectivity index (χ3n) is 4.45. The van der Waals surface area contributed by atoms with E-state index in [4.69, 9.17) is 25.8 Å². The topological polar surface area (TPSA) is 60.0 Å². The number of carbonyl (C=O) groups is 1. The van der Waals surface area contributed by atoms with Gasteiger partial charge in [-0.3, -0.25) is 9.69 Å². The summed E-state index contributed by atoms with van der Waals surface area (Å²) in [4.78, 5) is 14.9. The molecule has 1 heterocycles. The van der Waals surface area contributed by atoms with Crippen molar-refractivity contribution in [2.24, 2.45) is 0 Å². The predicted octanol–water partition coefficient (Wildman–Crippen LogP) is 3.44. The van der Waals surface area contributed by atoms with Gasteiger partial charge in [-0.05, 0) is 17.7 Å². The van der Waals surface area contributed by atoms with Gasteiger partial charge in [0.05, 0.1) is 38.1 Å². The van der Waals surface area contributed by atoms with E-state index < -0.39 is 0 Å². The highest BCUT2D eigenvalue weighted by molar-refractivity contribution is 6.34. The fourth-order valence-corrected chi connectivity index (χ4v) is 3.12. The second-order valence-corrected chi connectivity index (χ2v) is 6.63. The van der Waals surface area contributed by atoms with Gasteiger partial charge in [-0.25, -0.2) is 0 Å². The predicted molar refractivity (Wildman–Crippen MR) is 105 cm³/mol. The maximum atomic E-state index is 12.6. The molecule has 1 saturated heterocycles. The fraction of sp³-hybridized carbons (Fsp3) is 0.350. The summed E-state index contributed by atoms with van der Waals surface area (Å²) < 4.78 is 15.8. The van der Waals surface area contributed by atoms with E-state index in [0.717, 1.165) is 38.4 Å². The highest BCUT2D eigenvalue weighted by atomic mass is 35.5. The van der Waals surface area contributed by atoms with Gasteiger partial charge >= 0.3 is 0 Å². The summed E-state index contributed by atoms with van der Waals surface area (Å²) >= 11 is 6.24. The van der Waals surface area contributed by atoms with Gasteiger partial charge in [0.25, 0.3) is 5.91 Å². The molecule has 0 unspecified atom stereocenters. The second kappa shape index (κ2) is 9.08. The lowest BCUT2D eigenvalue weighted by molar-refractivity contribution is 0.0342. The number of anilines is 1. The van der Waals surface area contributed by atoms with Crippen LogP contribution < -0.4 is 14.8 Å². The van der Waals surface area contributed by atoms with Crippen LogP contribution >= 0.6 is 11.6 Å². The van der Waals surface area contributed by atoms with Crippen molar-refractivity contribution in [1.82, 2.24) is 4.90 Å². The number of nitrogens with zero attached hydrogens (tertiary/aromatic N) is 1. The molecule has 27 heavy (non-hydrogen) atoms. The Morgan fingerprint density at radius 1 is 1.11 bits per heavy atom. The maximum absolute atomic E-state index is 12.6. The fourth-order valence-electron chi connectivity index (χ4n) is 2.92. The van der Waals surface area contributed by atoms with Crippen LogP contribution in [0.3, 0.4) is 0 Å². The first-order valence-electron chi connectivity index (χ1n) is 8.72. The quantitative estimate of drug-likeness (QED) is 0.818. The van der Waals surface area contributed by atoms with E-state index in [-0.39, 0.29) is 5.91 Å². The lowest BCUT2D eigenvalue weighted by Gasteiger charge is -2.26. The lowest BCUT2D eigenvalue weighted by atomic mass is 10.1. The Morgan fingerprint density at radius 3 is 2.37 bits per heavy atom. The molecule has 0 radical (unpaired) electrons. The molecule has 6 nitrogen and oxygen atoms in total. The number of rotatable bonds is 6. The van der Waals surface area contributed by atoms with E-state index in [2.05, 4.69) is 10.2 Å². The van der Waals surface area contributed by atoms with Crippen molar-refractivity contribution < 1.29 is 19.0 Å². The molecule has 2 aromatic carbocycles. The normalized spacial score (nSPS) is 14.6. The molecule has 0 bridgehead atoms. The Balaban J connectivity index is 1.67. The molecule has 0 aromatic heterocycles. The molecule has 0 saturated carbocycles. The van der Waals surface area contributed by atoms with Gasteiger partial charge < -0.3 is 19.5 Å². The van der Waals surface area contributed by atoms with Crippen molar-refractivity contribution in [3.8, 4) is 11.5 Å². The number of morpholine rings is 1. The molecule has 0 spiro atoms. The zero-order valence-corrected chi connectivity index (χ0v) is 16.2. The van der Waals surface area contributed by atoms with Gasteiger partial charge in [-0.1, -0.05) is 23.7 Å². The van der Waals surface area contributed by atoms with Crippen LogP contribution in [-0.2, 0) is 11.3 Å². The minimum atomic E-state index is -0.234. The molecule has 2 aromatic rings. The molecule has 144 valence electrons. The van der Waals surface area contributed by atoms with E-state index in [1.165, 1.54) is 14.2 Å².